The van der Waals surface area contributed by atoms with Crippen molar-refractivity contribution in [2.45, 2.75) is 11.1 Å². The number of piperazine rings is 1. The quantitative estimate of drug-likeness (QED) is 0.471. The first kappa shape index (κ1) is 21.2. The van der Waals surface area contributed by atoms with E-state index in [-0.39, 0.29) is 28.0 Å². The molecular formula is C20H18FN5O3S3. The number of thiophene rings is 1. The van der Waals surface area contributed by atoms with Gasteiger partial charge in [-0.3, -0.25) is 4.79 Å². The Labute approximate surface area is 191 Å². The molecular weight excluding hydrogens is 473 g/mol. The number of aryl methyl sites for hydroxylation is 1. The molecule has 1 aliphatic rings. The Bertz CT molecular complexity index is 1450. The summed E-state index contributed by atoms with van der Waals surface area (Å²) in [6.45, 7) is 3.03. The number of thiazole rings is 1. The van der Waals surface area contributed by atoms with E-state index in [0.717, 1.165) is 27.2 Å². The molecule has 1 saturated heterocycles. The summed E-state index contributed by atoms with van der Waals surface area (Å²) in [4.78, 5) is 25.5. The molecule has 1 aliphatic heterocycles. The van der Waals surface area contributed by atoms with Gasteiger partial charge in [0.05, 0.1) is 5.39 Å². The van der Waals surface area contributed by atoms with Crippen LogP contribution >= 0.6 is 22.7 Å². The van der Waals surface area contributed by atoms with Crippen LogP contribution in [0.1, 0.15) is 5.69 Å². The summed E-state index contributed by atoms with van der Waals surface area (Å²) in [5.74, 6) is 0.430. The number of anilines is 1. The lowest BCUT2D eigenvalue weighted by molar-refractivity contribution is 0.385. The molecule has 0 bridgehead atoms. The van der Waals surface area contributed by atoms with Crippen molar-refractivity contribution in [2.75, 3.05) is 31.1 Å². The summed E-state index contributed by atoms with van der Waals surface area (Å²) in [6, 6.07) is 6.29. The highest BCUT2D eigenvalue weighted by molar-refractivity contribution is 7.91. The summed E-state index contributed by atoms with van der Waals surface area (Å²) in [6.07, 6.45) is 1.51. The maximum atomic E-state index is 13.4. The van der Waals surface area contributed by atoms with Crippen molar-refractivity contribution in [3.63, 3.8) is 0 Å². The highest BCUT2D eigenvalue weighted by Gasteiger charge is 2.32. The lowest BCUT2D eigenvalue weighted by Crippen LogP contribution is -2.49. The molecule has 0 saturated carbocycles. The van der Waals surface area contributed by atoms with Gasteiger partial charge in [0, 0.05) is 42.8 Å². The number of benzene rings is 1. The second-order valence-corrected chi connectivity index (χ2v) is 11.3. The zero-order valence-electron chi connectivity index (χ0n) is 16.9. The number of sulfonamides is 1. The van der Waals surface area contributed by atoms with Crippen LogP contribution in [0.5, 0.6) is 0 Å². The third kappa shape index (κ3) is 3.62. The molecule has 4 aromatic rings. The van der Waals surface area contributed by atoms with Crippen molar-refractivity contribution in [1.82, 2.24) is 19.3 Å². The first-order valence-electron chi connectivity index (χ1n) is 9.77. The third-order valence-electron chi connectivity index (χ3n) is 5.40. The summed E-state index contributed by atoms with van der Waals surface area (Å²) in [5.41, 5.74) is 2.15. The van der Waals surface area contributed by atoms with Crippen LogP contribution in [0.2, 0.25) is 0 Å². The lowest BCUT2D eigenvalue weighted by Gasteiger charge is -2.34. The Kier molecular flexibility index (Phi) is 5.32. The molecule has 0 aliphatic carbocycles. The van der Waals surface area contributed by atoms with Gasteiger partial charge in [0.25, 0.3) is 10.0 Å². The summed E-state index contributed by atoms with van der Waals surface area (Å²) in [7, 11) is -3.74. The average Bonchev–Trinajstić information content (AvgIpc) is 3.37. The minimum absolute atomic E-state index is 0.0665. The predicted octanol–water partition coefficient (Wildman–Crippen LogP) is 3.07. The highest BCUT2D eigenvalue weighted by atomic mass is 32.2. The minimum Gasteiger partial charge on any atom is -0.353 e. The molecule has 8 nitrogen and oxygen atoms in total. The number of nitrogens with zero attached hydrogens (tertiary/aromatic N) is 4. The van der Waals surface area contributed by atoms with Crippen LogP contribution in [0, 0.1) is 12.7 Å². The van der Waals surface area contributed by atoms with Gasteiger partial charge in [-0.25, -0.2) is 22.8 Å². The van der Waals surface area contributed by atoms with E-state index in [0.29, 0.717) is 30.1 Å². The number of aromatic amines is 1. The van der Waals surface area contributed by atoms with Crippen molar-refractivity contribution in [3.05, 3.63) is 57.2 Å². The Morgan fingerprint density at radius 3 is 2.47 bits per heavy atom. The molecule has 166 valence electrons. The molecule has 4 heterocycles. The van der Waals surface area contributed by atoms with Crippen LogP contribution in [0.4, 0.5) is 10.2 Å². The summed E-state index contributed by atoms with van der Waals surface area (Å²) in [5, 5.41) is 2.85. The van der Waals surface area contributed by atoms with Crippen molar-refractivity contribution in [3.8, 4) is 11.1 Å². The van der Waals surface area contributed by atoms with E-state index in [1.807, 2.05) is 10.3 Å². The molecule has 1 aromatic carbocycles. The van der Waals surface area contributed by atoms with Gasteiger partial charge in [0.2, 0.25) is 0 Å². The van der Waals surface area contributed by atoms with Crippen LogP contribution < -0.4 is 9.77 Å². The first-order chi connectivity index (χ1) is 15.3. The Balaban J connectivity index is 1.44. The SMILES string of the molecule is Cc1[nH]c(=O)sc1S(=O)(=O)N1CCN(c2ncnc3scc(-c4ccc(F)cc4)c23)CC1. The standard InChI is InChI=1S/C20H18FN5O3S3/c1-12-19(31-20(27)24-12)32(28,29)26-8-6-25(7-9-26)17-16-15(10-30-18(16)23-11-22-17)13-2-4-14(21)5-3-13/h2-5,10-11H,6-9H2,1H3,(H,24,27). The monoisotopic (exact) mass is 491 g/mol. The Morgan fingerprint density at radius 1 is 1.09 bits per heavy atom. The molecule has 0 amide bonds. The zero-order chi connectivity index (χ0) is 22.5. The topological polar surface area (TPSA) is 99.3 Å². The number of fused-ring (bicyclic) bond motifs is 1. The van der Waals surface area contributed by atoms with E-state index < -0.39 is 10.0 Å². The number of halogens is 1. The maximum absolute atomic E-state index is 13.4. The van der Waals surface area contributed by atoms with E-state index in [9.17, 15) is 17.6 Å². The van der Waals surface area contributed by atoms with Crippen LogP contribution in [-0.4, -0.2) is 53.9 Å². The fraction of sp³-hybridized carbons (Fsp3) is 0.250. The van der Waals surface area contributed by atoms with Gasteiger partial charge in [0.15, 0.2) is 4.21 Å². The molecule has 1 fully saturated rings. The molecule has 5 rings (SSSR count). The lowest BCUT2D eigenvalue weighted by atomic mass is 10.1. The number of aromatic nitrogens is 3. The van der Waals surface area contributed by atoms with E-state index in [2.05, 4.69) is 15.0 Å². The second kappa shape index (κ2) is 8.03. The fourth-order valence-electron chi connectivity index (χ4n) is 3.84. The average molecular weight is 492 g/mol. The maximum Gasteiger partial charge on any atom is 0.305 e. The molecule has 0 radical (unpaired) electrons. The molecule has 12 heteroatoms. The third-order valence-corrected chi connectivity index (χ3v) is 9.77. The van der Waals surface area contributed by atoms with Crippen LogP contribution in [-0.2, 0) is 10.0 Å². The number of nitrogens with one attached hydrogen (secondary N) is 1. The van der Waals surface area contributed by atoms with Gasteiger partial charge in [-0.2, -0.15) is 4.31 Å². The molecule has 32 heavy (non-hydrogen) atoms. The molecule has 0 unspecified atom stereocenters. The highest BCUT2D eigenvalue weighted by Crippen LogP contribution is 2.38. The van der Waals surface area contributed by atoms with Gasteiger partial charge in [-0.05, 0) is 24.6 Å². The minimum atomic E-state index is -3.74. The van der Waals surface area contributed by atoms with E-state index in [1.165, 1.54) is 34.1 Å². The van der Waals surface area contributed by atoms with Gasteiger partial charge in [-0.15, -0.1) is 11.3 Å². The second-order valence-electron chi connectivity index (χ2n) is 7.35. The Morgan fingerprint density at radius 2 is 1.81 bits per heavy atom. The molecule has 3 aromatic heterocycles. The van der Waals surface area contributed by atoms with Crippen molar-refractivity contribution in [1.29, 1.82) is 0 Å². The zero-order valence-corrected chi connectivity index (χ0v) is 19.4. The smallest absolute Gasteiger partial charge is 0.305 e. The predicted molar refractivity (Wildman–Crippen MR) is 123 cm³/mol. The van der Waals surface area contributed by atoms with Crippen molar-refractivity contribution in [2.24, 2.45) is 0 Å². The summed E-state index contributed by atoms with van der Waals surface area (Å²) < 4.78 is 40.9. The van der Waals surface area contributed by atoms with Gasteiger partial charge >= 0.3 is 4.87 Å². The number of rotatable bonds is 4. The van der Waals surface area contributed by atoms with Crippen molar-refractivity contribution >= 4 is 48.7 Å². The van der Waals surface area contributed by atoms with Gasteiger partial charge < -0.3 is 9.88 Å². The van der Waals surface area contributed by atoms with E-state index in [1.54, 1.807) is 19.1 Å². The van der Waals surface area contributed by atoms with Crippen LogP contribution in [0.25, 0.3) is 21.3 Å². The van der Waals surface area contributed by atoms with Crippen molar-refractivity contribution < 1.29 is 12.8 Å². The number of H-pyrrole nitrogens is 1. The fourth-order valence-corrected chi connectivity index (χ4v) is 7.60. The number of hydrogen-bond acceptors (Lipinski definition) is 8. The van der Waals surface area contributed by atoms with Crippen LogP contribution in [0.3, 0.4) is 0 Å². The summed E-state index contributed by atoms with van der Waals surface area (Å²) >= 11 is 2.20. The van der Waals surface area contributed by atoms with E-state index >= 15 is 0 Å². The number of hydrogen-bond donors (Lipinski definition) is 1. The van der Waals surface area contributed by atoms with Gasteiger partial charge in [-0.1, -0.05) is 23.5 Å². The van der Waals surface area contributed by atoms with E-state index in [4.69, 9.17) is 0 Å². The normalized spacial score (nSPS) is 15.5. The first-order valence-corrected chi connectivity index (χ1v) is 12.9. The van der Waals surface area contributed by atoms with Crippen LogP contribution in [0.15, 0.2) is 45.0 Å². The molecule has 1 N–H and O–H groups in total. The molecule has 0 atom stereocenters. The largest absolute Gasteiger partial charge is 0.353 e. The Hall–Kier alpha value is -2.67. The van der Waals surface area contributed by atoms with Gasteiger partial charge in [0.1, 0.15) is 22.8 Å². The molecule has 0 spiro atoms.